The molecule has 202 valence electrons. The molecule has 2 fully saturated rings. The van der Waals surface area contributed by atoms with Gasteiger partial charge in [-0.25, -0.2) is 20.5 Å². The van der Waals surface area contributed by atoms with Crippen LogP contribution in [0, 0.1) is 0 Å². The molecule has 10 heteroatoms. The van der Waals surface area contributed by atoms with Gasteiger partial charge in [-0.05, 0) is 49.4 Å². The number of pyridine rings is 1. The van der Waals surface area contributed by atoms with Crippen LogP contribution in [0.15, 0.2) is 48.7 Å². The number of aliphatic hydroxyl groups is 1. The van der Waals surface area contributed by atoms with Crippen LogP contribution in [0.1, 0.15) is 56.2 Å². The fraction of sp³-hybridized carbons (Fsp3) is 0.500. The normalized spacial score (nSPS) is 25.2. The van der Waals surface area contributed by atoms with Crippen LogP contribution in [0.25, 0.3) is 0 Å². The van der Waals surface area contributed by atoms with E-state index < -0.39 is 30.4 Å². The highest BCUT2D eigenvalue weighted by Crippen LogP contribution is 2.31. The number of esters is 1. The van der Waals surface area contributed by atoms with Gasteiger partial charge in [0.2, 0.25) is 5.91 Å². The lowest BCUT2D eigenvalue weighted by Gasteiger charge is -2.40. The lowest BCUT2D eigenvalue weighted by Crippen LogP contribution is -2.55. The smallest absolute Gasteiger partial charge is 0.330 e. The van der Waals surface area contributed by atoms with Gasteiger partial charge in [0.15, 0.2) is 12.5 Å². The Morgan fingerprint density at radius 3 is 2.58 bits per heavy atom. The molecule has 0 radical (unpaired) electrons. The Labute approximate surface area is 222 Å². The van der Waals surface area contributed by atoms with Crippen LogP contribution in [0.2, 0.25) is 0 Å². The summed E-state index contributed by atoms with van der Waals surface area (Å²) in [6.45, 7) is 0.385. The van der Waals surface area contributed by atoms with Crippen molar-refractivity contribution in [1.29, 1.82) is 0 Å². The van der Waals surface area contributed by atoms with Gasteiger partial charge in [-0.3, -0.25) is 14.6 Å². The third-order valence-electron chi connectivity index (χ3n) is 7.85. The summed E-state index contributed by atoms with van der Waals surface area (Å²) >= 11 is 0. The van der Waals surface area contributed by atoms with Crippen molar-refractivity contribution in [2.45, 2.75) is 82.3 Å². The molecule has 0 spiro atoms. The first-order valence-electron chi connectivity index (χ1n) is 13.5. The molecule has 2 aromatic rings. The summed E-state index contributed by atoms with van der Waals surface area (Å²) in [4.78, 5) is 48.5. The number of carbonyl (C=O) groups excluding carboxylic acids is 3. The molecule has 10 nitrogen and oxygen atoms in total. The molecule has 5 rings (SSSR count). The molecular weight excluding hydrogens is 486 g/mol. The minimum atomic E-state index is -1.55. The molecule has 3 aliphatic rings. The van der Waals surface area contributed by atoms with Crippen LogP contribution in [0.3, 0.4) is 0 Å². The fourth-order valence-electron chi connectivity index (χ4n) is 5.92. The van der Waals surface area contributed by atoms with E-state index in [-0.39, 0.29) is 24.8 Å². The minimum Gasteiger partial charge on any atom is -0.445 e. The zero-order valence-electron chi connectivity index (χ0n) is 21.4. The summed E-state index contributed by atoms with van der Waals surface area (Å²) in [5, 5.41) is 11.8. The highest BCUT2D eigenvalue weighted by molar-refractivity contribution is 5.96. The molecule has 2 amide bonds. The highest BCUT2D eigenvalue weighted by Gasteiger charge is 2.43. The van der Waals surface area contributed by atoms with Crippen LogP contribution >= 0.6 is 0 Å². The van der Waals surface area contributed by atoms with Gasteiger partial charge in [0.05, 0.1) is 12.1 Å². The summed E-state index contributed by atoms with van der Waals surface area (Å²) in [5.41, 5.74) is 1.63. The van der Waals surface area contributed by atoms with E-state index in [0.29, 0.717) is 36.3 Å². The predicted octanol–water partition coefficient (Wildman–Crippen LogP) is 1.90. The zero-order chi connectivity index (χ0) is 26.6. The van der Waals surface area contributed by atoms with Gasteiger partial charge in [-0.1, -0.05) is 43.5 Å². The first kappa shape index (κ1) is 26.3. The lowest BCUT2D eigenvalue weighted by molar-refractivity contribution is -0.177. The molecular formula is C28H35N5O5. The molecule has 3 heterocycles. The molecule has 0 bridgehead atoms. The largest absolute Gasteiger partial charge is 0.445 e. The Kier molecular flexibility index (Phi) is 8.01. The fourth-order valence-corrected chi connectivity index (χ4v) is 5.92. The van der Waals surface area contributed by atoms with E-state index in [1.807, 2.05) is 6.07 Å². The number of carbonyl (C=O) groups is 3. The Balaban J connectivity index is 1.56. The molecule has 1 saturated carbocycles. The average molecular weight is 522 g/mol. The Bertz CT molecular complexity index is 1160. The summed E-state index contributed by atoms with van der Waals surface area (Å²) in [6, 6.07) is 11.4. The van der Waals surface area contributed by atoms with Crippen molar-refractivity contribution in [2.24, 2.45) is 5.84 Å². The predicted molar refractivity (Wildman–Crippen MR) is 139 cm³/mol. The Morgan fingerprint density at radius 2 is 1.82 bits per heavy atom. The average Bonchev–Trinajstić information content (AvgIpc) is 3.40. The van der Waals surface area contributed by atoms with Crippen LogP contribution in [0.4, 0.5) is 5.69 Å². The molecule has 1 aromatic carbocycles. The van der Waals surface area contributed by atoms with Gasteiger partial charge in [0, 0.05) is 30.9 Å². The number of hydrogen-bond donors (Lipinski definition) is 2. The molecule has 1 aromatic heterocycles. The molecule has 3 atom stereocenters. The van der Waals surface area contributed by atoms with Crippen molar-refractivity contribution in [3.05, 3.63) is 59.9 Å². The van der Waals surface area contributed by atoms with Gasteiger partial charge >= 0.3 is 5.97 Å². The van der Waals surface area contributed by atoms with E-state index in [9.17, 15) is 19.5 Å². The number of nitrogens with two attached hydrogens (primary N) is 1. The molecule has 3 N–H and O–H groups in total. The number of fused-ring (bicyclic) bond motifs is 2. The van der Waals surface area contributed by atoms with E-state index in [1.165, 1.54) is 4.90 Å². The number of hydrogen-bond acceptors (Lipinski definition) is 8. The Morgan fingerprint density at radius 1 is 1.05 bits per heavy atom. The van der Waals surface area contributed by atoms with Gasteiger partial charge < -0.3 is 14.7 Å². The van der Waals surface area contributed by atoms with Gasteiger partial charge in [-0.15, -0.1) is 0 Å². The SMILES string of the molecule is NN1C(=O)C(O)N2CCCC2OC(=O)C(N(C(=O)Cc2ccccn2)C2CCCCC2)Cc2ccccc21. The van der Waals surface area contributed by atoms with Crippen molar-refractivity contribution >= 4 is 23.5 Å². The number of anilines is 1. The first-order valence-corrected chi connectivity index (χ1v) is 13.5. The summed E-state index contributed by atoms with van der Waals surface area (Å²) < 4.78 is 5.97. The van der Waals surface area contributed by atoms with E-state index in [1.54, 1.807) is 47.5 Å². The number of aromatic nitrogens is 1. The summed E-state index contributed by atoms with van der Waals surface area (Å²) in [6.07, 6.45) is 5.29. The van der Waals surface area contributed by atoms with Crippen molar-refractivity contribution in [3.63, 3.8) is 0 Å². The third-order valence-corrected chi connectivity index (χ3v) is 7.85. The van der Waals surface area contributed by atoms with Crippen LogP contribution < -0.4 is 10.9 Å². The van der Waals surface area contributed by atoms with Gasteiger partial charge in [-0.2, -0.15) is 0 Å². The van der Waals surface area contributed by atoms with Crippen molar-refractivity contribution < 1.29 is 24.2 Å². The van der Waals surface area contributed by atoms with E-state index >= 15 is 0 Å². The second kappa shape index (κ2) is 11.6. The van der Waals surface area contributed by atoms with E-state index in [2.05, 4.69) is 4.98 Å². The maximum Gasteiger partial charge on any atom is 0.330 e. The van der Waals surface area contributed by atoms with Crippen molar-refractivity contribution in [1.82, 2.24) is 14.8 Å². The zero-order valence-corrected chi connectivity index (χ0v) is 21.4. The quantitative estimate of drug-likeness (QED) is 0.355. The van der Waals surface area contributed by atoms with Gasteiger partial charge in [0.25, 0.3) is 5.91 Å². The first-order chi connectivity index (χ1) is 18.4. The topological polar surface area (TPSA) is 129 Å². The second-order valence-electron chi connectivity index (χ2n) is 10.3. The maximum absolute atomic E-state index is 13.9. The monoisotopic (exact) mass is 521 g/mol. The molecule has 1 aliphatic carbocycles. The summed E-state index contributed by atoms with van der Waals surface area (Å²) in [5.74, 6) is 4.82. The maximum atomic E-state index is 13.9. The highest BCUT2D eigenvalue weighted by atomic mass is 16.6. The number of amides is 2. The number of ether oxygens (including phenoxy) is 1. The Hall–Kier alpha value is -3.34. The van der Waals surface area contributed by atoms with E-state index in [0.717, 1.165) is 37.1 Å². The molecule has 2 aliphatic heterocycles. The van der Waals surface area contributed by atoms with Gasteiger partial charge in [0.1, 0.15) is 6.04 Å². The molecule has 38 heavy (non-hydrogen) atoms. The number of rotatable bonds is 4. The van der Waals surface area contributed by atoms with E-state index in [4.69, 9.17) is 10.6 Å². The third kappa shape index (κ3) is 5.43. The minimum absolute atomic E-state index is 0.0680. The van der Waals surface area contributed by atoms with Crippen molar-refractivity contribution in [2.75, 3.05) is 11.6 Å². The lowest BCUT2D eigenvalue weighted by atomic mass is 9.91. The van der Waals surface area contributed by atoms with Crippen LogP contribution in [-0.2, 0) is 32.0 Å². The standard InChI is InChI=1S/C28H35N5O5/c29-33-22-13-5-4-9-19(22)17-23(28(37)38-25-14-8-16-31(25)26(35)27(33)36)32(21-11-2-1-3-12-21)24(34)18-20-10-6-7-15-30-20/h4-7,9-10,13,15,21,23,25-26,35H,1-3,8,11-12,14,16-18,29H2. The number of hydrazine groups is 1. The summed E-state index contributed by atoms with van der Waals surface area (Å²) in [7, 11) is 0. The molecule has 1 saturated heterocycles. The van der Waals surface area contributed by atoms with Crippen LogP contribution in [0.5, 0.6) is 0 Å². The number of nitrogens with zero attached hydrogens (tertiary/aromatic N) is 4. The number of aliphatic hydroxyl groups excluding tert-OH is 1. The van der Waals surface area contributed by atoms with Crippen LogP contribution in [-0.4, -0.2) is 68.8 Å². The second-order valence-corrected chi connectivity index (χ2v) is 10.3. The van der Waals surface area contributed by atoms with Crippen molar-refractivity contribution in [3.8, 4) is 0 Å². The molecule has 3 unspecified atom stereocenters. The number of benzene rings is 1. The number of para-hydroxylation sites is 1.